The van der Waals surface area contributed by atoms with Crippen LogP contribution in [-0.2, 0) is 13.6 Å². The van der Waals surface area contributed by atoms with Crippen LogP contribution in [-0.4, -0.2) is 34.8 Å². The molecule has 0 radical (unpaired) electrons. The molecule has 0 atom stereocenters. The van der Waals surface area contributed by atoms with Crippen LogP contribution in [0.2, 0.25) is 0 Å². The lowest BCUT2D eigenvalue weighted by molar-refractivity contribution is 0.0697. The maximum Gasteiger partial charge on any atom is 0.337 e. The number of ether oxygens (including phenoxy) is 1. The summed E-state index contributed by atoms with van der Waals surface area (Å²) in [5, 5.41) is 9.27. The highest BCUT2D eigenvalue weighted by Crippen LogP contribution is 2.26. The number of aromatic nitrogens is 2. The van der Waals surface area contributed by atoms with Crippen LogP contribution in [0.1, 0.15) is 16.2 Å². The van der Waals surface area contributed by atoms with Crippen molar-refractivity contribution in [2.45, 2.75) is 6.54 Å². The highest BCUT2D eigenvalue weighted by Gasteiger charge is 2.16. The van der Waals surface area contributed by atoms with E-state index < -0.39 is 5.97 Å². The van der Waals surface area contributed by atoms with E-state index >= 15 is 0 Å². The summed E-state index contributed by atoms with van der Waals surface area (Å²) in [5.41, 5.74) is 0.836. The third kappa shape index (κ3) is 2.74. The Labute approximate surface area is 117 Å². The Kier molecular flexibility index (Phi) is 3.93. The van der Waals surface area contributed by atoms with Crippen molar-refractivity contribution in [2.75, 3.05) is 19.1 Å². The summed E-state index contributed by atoms with van der Waals surface area (Å²) in [6.45, 7) is 0.511. The van der Waals surface area contributed by atoms with Crippen molar-refractivity contribution in [1.82, 2.24) is 9.55 Å². The smallest absolute Gasteiger partial charge is 0.337 e. The molecular formula is C14H17N3O3. The van der Waals surface area contributed by atoms with Crippen molar-refractivity contribution in [2.24, 2.45) is 7.05 Å². The molecule has 20 heavy (non-hydrogen) atoms. The molecule has 0 saturated heterocycles. The molecule has 6 nitrogen and oxygen atoms in total. The van der Waals surface area contributed by atoms with E-state index in [0.29, 0.717) is 18.0 Å². The molecule has 2 rings (SSSR count). The van der Waals surface area contributed by atoms with Crippen LogP contribution in [0, 0.1) is 0 Å². The van der Waals surface area contributed by atoms with Crippen LogP contribution in [0.5, 0.6) is 5.75 Å². The fraction of sp³-hybridized carbons (Fsp3) is 0.286. The van der Waals surface area contributed by atoms with Gasteiger partial charge in [0.2, 0.25) is 0 Å². The third-order valence-electron chi connectivity index (χ3n) is 3.15. The van der Waals surface area contributed by atoms with Crippen LogP contribution in [0.25, 0.3) is 0 Å². The molecule has 6 heteroatoms. The summed E-state index contributed by atoms with van der Waals surface area (Å²) in [6.07, 6.45) is 3.57. The largest absolute Gasteiger partial charge is 0.497 e. The molecule has 0 aliphatic carbocycles. The van der Waals surface area contributed by atoms with Gasteiger partial charge in [0.15, 0.2) is 0 Å². The van der Waals surface area contributed by atoms with Gasteiger partial charge < -0.3 is 19.3 Å². The summed E-state index contributed by atoms with van der Waals surface area (Å²) in [7, 11) is 5.29. The molecule has 0 bridgehead atoms. The highest BCUT2D eigenvalue weighted by atomic mass is 16.5. The van der Waals surface area contributed by atoms with Crippen LogP contribution in [0.4, 0.5) is 5.69 Å². The first kappa shape index (κ1) is 13.9. The van der Waals surface area contributed by atoms with Crippen LogP contribution >= 0.6 is 0 Å². The van der Waals surface area contributed by atoms with Gasteiger partial charge in [-0.15, -0.1) is 0 Å². The second-order valence-corrected chi connectivity index (χ2v) is 4.50. The third-order valence-corrected chi connectivity index (χ3v) is 3.15. The van der Waals surface area contributed by atoms with Crippen LogP contribution < -0.4 is 9.64 Å². The van der Waals surface area contributed by atoms with Gasteiger partial charge in [0.1, 0.15) is 11.6 Å². The number of nitrogens with zero attached hydrogens (tertiary/aromatic N) is 3. The molecule has 0 fully saturated rings. The van der Waals surface area contributed by atoms with E-state index in [4.69, 9.17) is 4.74 Å². The minimum atomic E-state index is -0.964. The molecule has 1 aromatic heterocycles. The Morgan fingerprint density at radius 3 is 2.80 bits per heavy atom. The van der Waals surface area contributed by atoms with Gasteiger partial charge >= 0.3 is 5.97 Å². The first-order valence-electron chi connectivity index (χ1n) is 6.11. The summed E-state index contributed by atoms with van der Waals surface area (Å²) >= 11 is 0. The minimum Gasteiger partial charge on any atom is -0.497 e. The molecule has 1 heterocycles. The molecule has 0 saturated carbocycles. The van der Waals surface area contributed by atoms with Crippen molar-refractivity contribution in [1.29, 1.82) is 0 Å². The van der Waals surface area contributed by atoms with Gasteiger partial charge in [-0.05, 0) is 12.1 Å². The molecule has 0 aliphatic heterocycles. The Morgan fingerprint density at radius 1 is 1.50 bits per heavy atom. The second-order valence-electron chi connectivity index (χ2n) is 4.50. The monoisotopic (exact) mass is 275 g/mol. The predicted octanol–water partition coefficient (Wildman–Crippen LogP) is 1.76. The Balaban J connectivity index is 2.34. The molecule has 2 aromatic rings. The number of carboxylic acid groups (broad SMARTS) is 1. The summed E-state index contributed by atoms with van der Waals surface area (Å²) in [6, 6.07) is 4.90. The Bertz CT molecular complexity index is 622. The van der Waals surface area contributed by atoms with Crippen molar-refractivity contribution >= 4 is 11.7 Å². The number of carboxylic acids is 1. The van der Waals surface area contributed by atoms with Gasteiger partial charge in [0.25, 0.3) is 0 Å². The average molecular weight is 275 g/mol. The zero-order valence-electron chi connectivity index (χ0n) is 11.7. The number of imidazole rings is 1. The molecule has 0 unspecified atom stereocenters. The van der Waals surface area contributed by atoms with E-state index in [2.05, 4.69) is 4.98 Å². The fourth-order valence-electron chi connectivity index (χ4n) is 1.98. The number of methoxy groups -OCH3 is 1. The number of anilines is 1. The molecule has 1 aromatic carbocycles. The number of carbonyl (C=O) groups is 1. The van der Waals surface area contributed by atoms with E-state index in [9.17, 15) is 9.90 Å². The van der Waals surface area contributed by atoms with Gasteiger partial charge in [0.05, 0.1) is 24.9 Å². The van der Waals surface area contributed by atoms with E-state index in [0.717, 1.165) is 5.82 Å². The van der Waals surface area contributed by atoms with Crippen molar-refractivity contribution in [3.8, 4) is 5.75 Å². The van der Waals surface area contributed by atoms with E-state index in [1.807, 2.05) is 29.8 Å². The summed E-state index contributed by atoms with van der Waals surface area (Å²) in [4.78, 5) is 17.4. The van der Waals surface area contributed by atoms with E-state index in [-0.39, 0.29) is 5.56 Å². The molecule has 106 valence electrons. The standard InChI is InChI=1S/C14H17N3O3/c1-16-7-6-15-13(16)9-17(2)12-8-10(20-3)4-5-11(12)14(18)19/h4-8H,9H2,1-3H3,(H,18,19). The van der Waals surface area contributed by atoms with Gasteiger partial charge in [-0.1, -0.05) is 0 Å². The SMILES string of the molecule is COc1ccc(C(=O)O)c(N(C)Cc2nccn2C)c1. The molecule has 0 spiro atoms. The Hall–Kier alpha value is -2.50. The molecule has 1 N–H and O–H groups in total. The average Bonchev–Trinajstić information content (AvgIpc) is 2.83. The zero-order chi connectivity index (χ0) is 14.7. The normalized spacial score (nSPS) is 10.3. The second kappa shape index (κ2) is 5.64. The quantitative estimate of drug-likeness (QED) is 0.900. The van der Waals surface area contributed by atoms with Crippen LogP contribution in [0.3, 0.4) is 0 Å². The highest BCUT2D eigenvalue weighted by molar-refractivity contribution is 5.94. The number of aromatic carboxylic acids is 1. The van der Waals surface area contributed by atoms with Crippen LogP contribution in [0.15, 0.2) is 30.6 Å². The predicted molar refractivity (Wildman–Crippen MR) is 75.3 cm³/mol. The minimum absolute atomic E-state index is 0.238. The first-order chi connectivity index (χ1) is 9.52. The Morgan fingerprint density at radius 2 is 2.25 bits per heavy atom. The van der Waals surface area contributed by atoms with Gasteiger partial charge in [-0.2, -0.15) is 0 Å². The van der Waals surface area contributed by atoms with Gasteiger partial charge in [0, 0.05) is 32.6 Å². The van der Waals surface area contributed by atoms with E-state index in [1.54, 1.807) is 31.5 Å². The lowest BCUT2D eigenvalue weighted by Gasteiger charge is -2.21. The molecule has 0 aliphatic rings. The van der Waals surface area contributed by atoms with E-state index in [1.165, 1.54) is 0 Å². The van der Waals surface area contributed by atoms with Crippen molar-refractivity contribution in [3.63, 3.8) is 0 Å². The maximum atomic E-state index is 11.3. The number of hydrogen-bond acceptors (Lipinski definition) is 4. The van der Waals surface area contributed by atoms with Gasteiger partial charge in [-0.3, -0.25) is 0 Å². The first-order valence-corrected chi connectivity index (χ1v) is 6.11. The van der Waals surface area contributed by atoms with Crippen molar-refractivity contribution in [3.05, 3.63) is 42.0 Å². The topological polar surface area (TPSA) is 67.6 Å². The summed E-state index contributed by atoms with van der Waals surface area (Å²) in [5.74, 6) is 0.512. The number of aryl methyl sites for hydroxylation is 1. The molecule has 0 amide bonds. The molecular weight excluding hydrogens is 258 g/mol. The fourth-order valence-corrected chi connectivity index (χ4v) is 1.98. The lowest BCUT2D eigenvalue weighted by atomic mass is 10.1. The maximum absolute atomic E-state index is 11.3. The summed E-state index contributed by atoms with van der Waals surface area (Å²) < 4.78 is 7.06. The van der Waals surface area contributed by atoms with Crippen molar-refractivity contribution < 1.29 is 14.6 Å². The zero-order valence-corrected chi connectivity index (χ0v) is 11.7. The lowest BCUT2D eigenvalue weighted by Crippen LogP contribution is -2.21. The number of hydrogen-bond donors (Lipinski definition) is 1. The van der Waals surface area contributed by atoms with Gasteiger partial charge in [-0.25, -0.2) is 9.78 Å². The number of rotatable bonds is 5. The number of benzene rings is 1.